The van der Waals surface area contributed by atoms with Gasteiger partial charge < -0.3 is 20.5 Å². The molecule has 1 saturated carbocycles. The maximum absolute atomic E-state index is 13.1. The molecule has 0 bridgehead atoms. The number of carbonyl (C=O) groups excluding carboxylic acids is 1. The number of nitrogens with zero attached hydrogens (tertiary/aromatic N) is 2. The van der Waals surface area contributed by atoms with Gasteiger partial charge in [-0.2, -0.15) is 0 Å². The minimum Gasteiger partial charge on any atom is -0.392 e. The van der Waals surface area contributed by atoms with Gasteiger partial charge in [0.15, 0.2) is 5.13 Å². The number of morpholine rings is 1. The number of anilines is 1. The van der Waals surface area contributed by atoms with Crippen LogP contribution in [0.2, 0.25) is 0 Å². The van der Waals surface area contributed by atoms with E-state index in [-0.39, 0.29) is 35.0 Å². The first-order valence-electron chi connectivity index (χ1n) is 13.9. The first kappa shape index (κ1) is 26.6. The lowest BCUT2D eigenvalue weighted by atomic mass is 9.53. The summed E-state index contributed by atoms with van der Waals surface area (Å²) in [5.41, 5.74) is 2.39. The number of carbonyl (C=O) groups is 1. The van der Waals surface area contributed by atoms with Crippen LogP contribution >= 0.6 is 11.3 Å². The first-order valence-corrected chi connectivity index (χ1v) is 14.7. The molecule has 0 unspecified atom stereocenters. The lowest BCUT2D eigenvalue weighted by Gasteiger charge is -2.53. The Balaban J connectivity index is 1.22. The molecule has 1 amide bonds. The number of aromatic nitrogens is 1. The van der Waals surface area contributed by atoms with Crippen molar-refractivity contribution in [3.8, 4) is 0 Å². The Kier molecular flexibility index (Phi) is 8.19. The summed E-state index contributed by atoms with van der Waals surface area (Å²) in [4.78, 5) is 21.7. The molecule has 1 saturated heterocycles. The number of hydrogen-bond acceptors (Lipinski definition) is 7. The van der Waals surface area contributed by atoms with Crippen molar-refractivity contribution in [1.29, 1.82) is 0 Å². The fraction of sp³-hybridized carbons (Fsp3) is 0.655. The van der Waals surface area contributed by atoms with Crippen LogP contribution in [-0.4, -0.2) is 66.4 Å². The highest BCUT2D eigenvalue weighted by molar-refractivity contribution is 7.15. The van der Waals surface area contributed by atoms with Crippen molar-refractivity contribution in [1.82, 2.24) is 15.2 Å². The van der Waals surface area contributed by atoms with Crippen LogP contribution in [-0.2, 0) is 22.5 Å². The second-order valence-electron chi connectivity index (χ2n) is 11.5. The molecule has 2 aromatic rings. The highest BCUT2D eigenvalue weighted by atomic mass is 32.1. The number of aliphatic hydroxyl groups excluding tert-OH is 1. The van der Waals surface area contributed by atoms with Gasteiger partial charge in [-0.15, -0.1) is 11.3 Å². The Bertz CT molecular complexity index is 1060. The topological polar surface area (TPSA) is 86.7 Å². The Morgan fingerprint density at radius 1 is 1.30 bits per heavy atom. The zero-order chi connectivity index (χ0) is 26.0. The van der Waals surface area contributed by atoms with E-state index in [9.17, 15) is 9.90 Å². The standard InChI is InChI=1S/C29H42N4O3S/c1-19(27(35)30-11-12-33-13-15-36-16-14-33)22-9-10-29(3)17-23-25(20(2)24(29)26(22)34)32-28(37-23)31-18-21-7-5-4-6-8-21/h4-8,19-20,22,24,26,34H,9-18H2,1-3H3,(H,30,35)(H,31,32)/t19-,20-,22+,24+,26-,29-/m0/s1. The van der Waals surface area contributed by atoms with Gasteiger partial charge in [0, 0.05) is 49.4 Å². The largest absolute Gasteiger partial charge is 0.392 e. The Labute approximate surface area is 225 Å². The molecule has 8 heteroatoms. The van der Waals surface area contributed by atoms with Gasteiger partial charge >= 0.3 is 0 Å². The summed E-state index contributed by atoms with van der Waals surface area (Å²) < 4.78 is 5.41. The van der Waals surface area contributed by atoms with Crippen LogP contribution < -0.4 is 10.6 Å². The fourth-order valence-electron chi connectivity index (χ4n) is 6.91. The predicted octanol–water partition coefficient (Wildman–Crippen LogP) is 3.89. The zero-order valence-corrected chi connectivity index (χ0v) is 23.2. The van der Waals surface area contributed by atoms with Gasteiger partial charge in [0.1, 0.15) is 0 Å². The van der Waals surface area contributed by atoms with Crippen molar-refractivity contribution in [2.24, 2.45) is 23.2 Å². The van der Waals surface area contributed by atoms with E-state index in [2.05, 4.69) is 53.6 Å². The van der Waals surface area contributed by atoms with Crippen molar-refractivity contribution >= 4 is 22.4 Å². The average molecular weight is 527 g/mol. The quantitative estimate of drug-likeness (QED) is 0.484. The van der Waals surface area contributed by atoms with Crippen LogP contribution in [0.15, 0.2) is 30.3 Å². The number of aliphatic hydroxyl groups is 1. The lowest BCUT2D eigenvalue weighted by Crippen LogP contribution is -2.53. The van der Waals surface area contributed by atoms with E-state index in [1.165, 1.54) is 10.4 Å². The molecule has 202 valence electrons. The smallest absolute Gasteiger partial charge is 0.223 e. The molecule has 6 atom stereocenters. The number of hydrogen-bond donors (Lipinski definition) is 3. The van der Waals surface area contributed by atoms with Crippen LogP contribution in [0.3, 0.4) is 0 Å². The van der Waals surface area contributed by atoms with Crippen LogP contribution in [0.4, 0.5) is 5.13 Å². The Hall–Kier alpha value is -2.00. The molecule has 1 aromatic carbocycles. The molecule has 0 radical (unpaired) electrons. The second-order valence-corrected chi connectivity index (χ2v) is 12.6. The van der Waals surface area contributed by atoms with E-state index in [0.29, 0.717) is 6.54 Å². The summed E-state index contributed by atoms with van der Waals surface area (Å²) in [6.07, 6.45) is 2.35. The summed E-state index contributed by atoms with van der Waals surface area (Å²) in [6.45, 7) is 12.2. The number of nitrogens with one attached hydrogen (secondary N) is 2. The summed E-state index contributed by atoms with van der Waals surface area (Å²) in [5, 5.41) is 19.3. The SMILES string of the molecule is C[C@H](C(=O)NCCN1CCOCC1)[C@H]1CC[C@@]2(C)Cc3sc(NCc4ccccc4)nc3[C@@H](C)[C@@H]2[C@H]1O. The molecule has 0 spiro atoms. The van der Waals surface area contributed by atoms with Crippen LogP contribution in [0, 0.1) is 23.2 Å². The Morgan fingerprint density at radius 3 is 2.81 bits per heavy atom. The second kappa shape index (κ2) is 11.4. The number of amides is 1. The molecule has 7 nitrogen and oxygen atoms in total. The molecule has 37 heavy (non-hydrogen) atoms. The lowest BCUT2D eigenvalue weighted by molar-refractivity contribution is -0.134. The monoisotopic (exact) mass is 526 g/mol. The van der Waals surface area contributed by atoms with E-state index in [1.807, 2.05) is 13.0 Å². The normalized spacial score (nSPS) is 30.7. The number of rotatable bonds is 8. The van der Waals surface area contributed by atoms with Crippen LogP contribution in [0.1, 0.15) is 55.7 Å². The third-order valence-electron chi connectivity index (χ3n) is 9.10. The molecule has 5 rings (SSSR count). The van der Waals surface area contributed by atoms with E-state index < -0.39 is 6.10 Å². The molecule has 2 heterocycles. The van der Waals surface area contributed by atoms with Gasteiger partial charge in [-0.1, -0.05) is 51.1 Å². The van der Waals surface area contributed by atoms with E-state index in [4.69, 9.17) is 9.72 Å². The van der Waals surface area contributed by atoms with E-state index >= 15 is 0 Å². The number of benzene rings is 1. The predicted molar refractivity (Wildman–Crippen MR) is 148 cm³/mol. The molecule has 1 aromatic heterocycles. The molecule has 3 aliphatic rings. The van der Waals surface area contributed by atoms with Gasteiger partial charge in [0.05, 0.1) is 25.0 Å². The Morgan fingerprint density at radius 2 is 2.05 bits per heavy atom. The molecular formula is C29H42N4O3S. The minimum absolute atomic E-state index is 0.0259. The third kappa shape index (κ3) is 5.72. The minimum atomic E-state index is -0.510. The number of thiazole rings is 1. The van der Waals surface area contributed by atoms with Gasteiger partial charge in [-0.3, -0.25) is 9.69 Å². The van der Waals surface area contributed by atoms with Crippen molar-refractivity contribution in [3.05, 3.63) is 46.5 Å². The highest BCUT2D eigenvalue weighted by Gasteiger charge is 2.53. The maximum Gasteiger partial charge on any atom is 0.223 e. The molecule has 2 aliphatic carbocycles. The van der Waals surface area contributed by atoms with Crippen LogP contribution in [0.25, 0.3) is 0 Å². The van der Waals surface area contributed by atoms with Crippen molar-refractivity contribution in [2.45, 2.75) is 58.6 Å². The zero-order valence-electron chi connectivity index (χ0n) is 22.4. The van der Waals surface area contributed by atoms with Crippen molar-refractivity contribution < 1.29 is 14.6 Å². The van der Waals surface area contributed by atoms with Gasteiger partial charge in [-0.05, 0) is 42.1 Å². The molecule has 2 fully saturated rings. The van der Waals surface area contributed by atoms with Crippen LogP contribution in [0.5, 0.6) is 0 Å². The summed E-state index contributed by atoms with van der Waals surface area (Å²) in [7, 11) is 0. The van der Waals surface area contributed by atoms with Crippen molar-refractivity contribution in [3.63, 3.8) is 0 Å². The van der Waals surface area contributed by atoms with Gasteiger partial charge in [-0.25, -0.2) is 4.98 Å². The maximum atomic E-state index is 13.1. The van der Waals surface area contributed by atoms with E-state index in [1.54, 1.807) is 11.3 Å². The first-order chi connectivity index (χ1) is 17.9. The summed E-state index contributed by atoms with van der Waals surface area (Å²) in [6, 6.07) is 10.4. The molecule has 3 N–H and O–H groups in total. The van der Waals surface area contributed by atoms with E-state index in [0.717, 1.165) is 69.5 Å². The third-order valence-corrected chi connectivity index (χ3v) is 10.1. The molecular weight excluding hydrogens is 484 g/mol. The average Bonchev–Trinajstić information content (AvgIpc) is 3.31. The summed E-state index contributed by atoms with van der Waals surface area (Å²) in [5.74, 6) is 0.0837. The summed E-state index contributed by atoms with van der Waals surface area (Å²) >= 11 is 1.77. The molecule has 1 aliphatic heterocycles. The van der Waals surface area contributed by atoms with Gasteiger partial charge in [0.2, 0.25) is 5.91 Å². The highest BCUT2D eigenvalue weighted by Crippen LogP contribution is 2.57. The van der Waals surface area contributed by atoms with Gasteiger partial charge in [0.25, 0.3) is 0 Å². The van der Waals surface area contributed by atoms with Crippen molar-refractivity contribution in [2.75, 3.05) is 44.7 Å². The fourth-order valence-corrected chi connectivity index (χ4v) is 8.17. The number of fused-ring (bicyclic) bond motifs is 2. The number of ether oxygens (including phenoxy) is 1.